The molecular weight excluding hydrogens is 246 g/mol. The number of hydrogen-bond donors (Lipinski definition) is 2. The molecule has 2 rings (SSSR count). The lowest BCUT2D eigenvalue weighted by Gasteiger charge is -2.08. The van der Waals surface area contributed by atoms with Crippen LogP contribution in [0.5, 0.6) is 5.75 Å². The average molecular weight is 261 g/mol. The van der Waals surface area contributed by atoms with Crippen LogP contribution in [0.3, 0.4) is 0 Å². The van der Waals surface area contributed by atoms with E-state index >= 15 is 0 Å². The molecule has 19 heavy (non-hydrogen) atoms. The number of nitrogens with one attached hydrogen (secondary N) is 2. The minimum atomic E-state index is -0.415. The van der Waals surface area contributed by atoms with Gasteiger partial charge in [0, 0.05) is 18.9 Å². The number of H-pyrrole nitrogens is 1. The van der Waals surface area contributed by atoms with E-state index < -0.39 is 4.92 Å². The van der Waals surface area contributed by atoms with E-state index in [4.69, 9.17) is 4.74 Å². The van der Waals surface area contributed by atoms with E-state index in [1.165, 1.54) is 6.07 Å². The van der Waals surface area contributed by atoms with Gasteiger partial charge >= 0.3 is 0 Å². The highest BCUT2D eigenvalue weighted by Crippen LogP contribution is 2.29. The van der Waals surface area contributed by atoms with E-state index in [0.717, 1.165) is 5.56 Å². The normalized spacial score (nSPS) is 10.2. The van der Waals surface area contributed by atoms with Crippen LogP contribution in [0.25, 0.3) is 0 Å². The maximum atomic E-state index is 11.0. The lowest BCUT2D eigenvalue weighted by molar-refractivity contribution is -0.384. The number of hydrogen-bond acceptors (Lipinski definition) is 4. The van der Waals surface area contributed by atoms with Crippen LogP contribution in [0, 0.1) is 10.1 Å². The van der Waals surface area contributed by atoms with E-state index in [2.05, 4.69) is 10.3 Å². The molecule has 0 bridgehead atoms. The second-order valence-electron chi connectivity index (χ2n) is 3.94. The SMILES string of the molecule is CCOc1ccc(NCc2cc[nH]c2)c([N+](=O)[O-])c1. The molecule has 6 heteroatoms. The summed E-state index contributed by atoms with van der Waals surface area (Å²) in [5.41, 5.74) is 1.53. The fourth-order valence-electron chi connectivity index (χ4n) is 1.73. The Labute approximate surface area is 110 Å². The molecule has 1 aromatic heterocycles. The zero-order valence-electron chi connectivity index (χ0n) is 10.6. The third kappa shape index (κ3) is 3.25. The zero-order valence-corrected chi connectivity index (χ0v) is 10.6. The molecule has 0 aliphatic heterocycles. The summed E-state index contributed by atoms with van der Waals surface area (Å²) >= 11 is 0. The minimum absolute atomic E-state index is 0.0153. The summed E-state index contributed by atoms with van der Waals surface area (Å²) in [6.07, 6.45) is 3.65. The van der Waals surface area contributed by atoms with E-state index in [1.807, 2.05) is 25.4 Å². The molecule has 0 radical (unpaired) electrons. The highest BCUT2D eigenvalue weighted by atomic mass is 16.6. The highest BCUT2D eigenvalue weighted by Gasteiger charge is 2.14. The summed E-state index contributed by atoms with van der Waals surface area (Å²) in [5.74, 6) is 0.501. The van der Waals surface area contributed by atoms with Crippen molar-refractivity contribution in [3.8, 4) is 5.75 Å². The third-order valence-electron chi connectivity index (χ3n) is 2.62. The van der Waals surface area contributed by atoms with Crippen molar-refractivity contribution in [3.63, 3.8) is 0 Å². The summed E-state index contributed by atoms with van der Waals surface area (Å²) in [5, 5.41) is 14.1. The van der Waals surface area contributed by atoms with Gasteiger partial charge in [0.05, 0.1) is 17.6 Å². The summed E-state index contributed by atoms with van der Waals surface area (Å²) in [6, 6.07) is 6.72. The standard InChI is InChI=1S/C13H15N3O3/c1-2-19-11-3-4-12(13(7-11)16(17)18)15-9-10-5-6-14-8-10/h3-8,14-15H,2,9H2,1H3. The highest BCUT2D eigenvalue weighted by molar-refractivity contribution is 5.64. The fourth-order valence-corrected chi connectivity index (χ4v) is 1.73. The first kappa shape index (κ1) is 12.9. The maximum Gasteiger partial charge on any atom is 0.296 e. The van der Waals surface area contributed by atoms with Crippen molar-refractivity contribution < 1.29 is 9.66 Å². The molecule has 0 atom stereocenters. The Hall–Kier alpha value is -2.50. The van der Waals surface area contributed by atoms with Gasteiger partial charge in [-0.05, 0) is 30.7 Å². The summed E-state index contributed by atoms with van der Waals surface area (Å²) in [7, 11) is 0. The average Bonchev–Trinajstić information content (AvgIpc) is 2.90. The van der Waals surface area contributed by atoms with Gasteiger partial charge in [-0.3, -0.25) is 10.1 Å². The Bertz CT molecular complexity index is 552. The summed E-state index contributed by atoms with van der Waals surface area (Å²) < 4.78 is 5.26. The Kier molecular flexibility index (Phi) is 4.02. The largest absolute Gasteiger partial charge is 0.494 e. The van der Waals surface area contributed by atoms with Crippen LogP contribution in [0.4, 0.5) is 11.4 Å². The van der Waals surface area contributed by atoms with Gasteiger partial charge in [-0.25, -0.2) is 0 Å². The Morgan fingerprint density at radius 1 is 1.42 bits per heavy atom. The number of nitro groups is 1. The number of nitro benzene ring substituents is 1. The van der Waals surface area contributed by atoms with Gasteiger partial charge in [-0.2, -0.15) is 0 Å². The van der Waals surface area contributed by atoms with Crippen LogP contribution in [-0.4, -0.2) is 16.5 Å². The third-order valence-corrected chi connectivity index (χ3v) is 2.62. The van der Waals surface area contributed by atoms with Gasteiger partial charge in [0.1, 0.15) is 11.4 Å². The first-order chi connectivity index (χ1) is 9.20. The van der Waals surface area contributed by atoms with E-state index in [9.17, 15) is 10.1 Å². The quantitative estimate of drug-likeness (QED) is 0.619. The monoisotopic (exact) mass is 261 g/mol. The number of aromatic nitrogens is 1. The van der Waals surface area contributed by atoms with Crippen LogP contribution in [-0.2, 0) is 6.54 Å². The second kappa shape index (κ2) is 5.90. The smallest absolute Gasteiger partial charge is 0.296 e. The predicted molar refractivity (Wildman–Crippen MR) is 72.4 cm³/mol. The minimum Gasteiger partial charge on any atom is -0.494 e. The molecule has 0 unspecified atom stereocenters. The number of nitrogens with zero attached hydrogens (tertiary/aromatic N) is 1. The molecule has 2 aromatic rings. The Balaban J connectivity index is 2.16. The van der Waals surface area contributed by atoms with E-state index in [0.29, 0.717) is 24.6 Å². The first-order valence-corrected chi connectivity index (χ1v) is 5.97. The molecule has 0 saturated heterocycles. The van der Waals surface area contributed by atoms with Gasteiger partial charge in [0.15, 0.2) is 0 Å². The van der Waals surface area contributed by atoms with Crippen molar-refractivity contribution in [1.82, 2.24) is 4.98 Å². The number of ether oxygens (including phenoxy) is 1. The van der Waals surface area contributed by atoms with Crippen LogP contribution in [0.15, 0.2) is 36.7 Å². The molecule has 0 aliphatic rings. The fraction of sp³-hybridized carbons (Fsp3) is 0.231. The molecule has 1 aromatic carbocycles. The van der Waals surface area contributed by atoms with Crippen molar-refractivity contribution in [2.45, 2.75) is 13.5 Å². The Morgan fingerprint density at radius 2 is 2.26 bits per heavy atom. The van der Waals surface area contributed by atoms with Crippen molar-refractivity contribution >= 4 is 11.4 Å². The van der Waals surface area contributed by atoms with Crippen molar-refractivity contribution in [3.05, 3.63) is 52.3 Å². The van der Waals surface area contributed by atoms with Crippen molar-refractivity contribution in [2.75, 3.05) is 11.9 Å². The van der Waals surface area contributed by atoms with E-state index in [-0.39, 0.29) is 5.69 Å². The molecule has 0 spiro atoms. The number of benzene rings is 1. The lowest BCUT2D eigenvalue weighted by Crippen LogP contribution is -2.02. The predicted octanol–water partition coefficient (Wildman–Crippen LogP) is 2.93. The summed E-state index contributed by atoms with van der Waals surface area (Å²) in [6.45, 7) is 2.84. The van der Waals surface area contributed by atoms with Gasteiger partial charge in [-0.1, -0.05) is 0 Å². The lowest BCUT2D eigenvalue weighted by atomic mass is 10.2. The molecule has 0 aliphatic carbocycles. The van der Waals surface area contributed by atoms with Crippen molar-refractivity contribution in [2.24, 2.45) is 0 Å². The van der Waals surface area contributed by atoms with Gasteiger partial charge in [0.25, 0.3) is 5.69 Å². The van der Waals surface area contributed by atoms with Crippen LogP contribution < -0.4 is 10.1 Å². The topological polar surface area (TPSA) is 80.2 Å². The number of aromatic amines is 1. The number of anilines is 1. The number of rotatable bonds is 6. The van der Waals surface area contributed by atoms with Gasteiger partial charge in [-0.15, -0.1) is 0 Å². The molecule has 2 N–H and O–H groups in total. The van der Waals surface area contributed by atoms with Crippen LogP contribution in [0.1, 0.15) is 12.5 Å². The molecule has 0 saturated carbocycles. The Morgan fingerprint density at radius 3 is 2.89 bits per heavy atom. The summed E-state index contributed by atoms with van der Waals surface area (Å²) in [4.78, 5) is 13.6. The van der Waals surface area contributed by atoms with Crippen LogP contribution in [0.2, 0.25) is 0 Å². The molecular formula is C13H15N3O3. The molecule has 1 heterocycles. The van der Waals surface area contributed by atoms with Gasteiger partial charge in [0.2, 0.25) is 0 Å². The zero-order chi connectivity index (χ0) is 13.7. The van der Waals surface area contributed by atoms with Crippen molar-refractivity contribution in [1.29, 1.82) is 0 Å². The van der Waals surface area contributed by atoms with E-state index in [1.54, 1.807) is 12.1 Å². The molecule has 0 fully saturated rings. The van der Waals surface area contributed by atoms with Crippen LogP contribution >= 0.6 is 0 Å². The first-order valence-electron chi connectivity index (χ1n) is 5.97. The van der Waals surface area contributed by atoms with Gasteiger partial charge < -0.3 is 15.0 Å². The molecule has 0 amide bonds. The molecule has 100 valence electrons. The maximum absolute atomic E-state index is 11.0. The molecule has 6 nitrogen and oxygen atoms in total. The second-order valence-corrected chi connectivity index (χ2v) is 3.94.